The SMILES string of the molecule is CC1(C)C(=CC=C2CCCC(C=CC3=[N+](CCCCCC(=O)NNCc4ccncc4)c4ccc(Br)cc4C3(C)C)=C2Cl)N(CCCCCC(=O)O)c2ccc(Br)cc21. The lowest BCUT2D eigenvalue weighted by molar-refractivity contribution is -0.438. The Bertz CT molecular complexity index is 2190. The molecule has 1 amide bonds. The minimum Gasteiger partial charge on any atom is -0.481 e. The van der Waals surface area contributed by atoms with Gasteiger partial charge in [-0.2, -0.15) is 4.58 Å². The molecule has 312 valence electrons. The molecule has 0 spiro atoms. The van der Waals surface area contributed by atoms with E-state index in [0.717, 1.165) is 95.1 Å². The molecule has 0 bridgehead atoms. The van der Waals surface area contributed by atoms with E-state index in [4.69, 9.17) is 16.7 Å². The van der Waals surface area contributed by atoms with Crippen LogP contribution in [0.15, 0.2) is 116 Å². The average Bonchev–Trinajstić information content (AvgIpc) is 3.54. The van der Waals surface area contributed by atoms with E-state index < -0.39 is 5.97 Å². The van der Waals surface area contributed by atoms with Gasteiger partial charge in [-0.3, -0.25) is 20.0 Å². The lowest BCUT2D eigenvalue weighted by Gasteiger charge is -2.27. The Morgan fingerprint density at radius 2 is 1.58 bits per heavy atom. The van der Waals surface area contributed by atoms with E-state index in [2.05, 4.69) is 146 Å². The summed E-state index contributed by atoms with van der Waals surface area (Å²) in [5.74, 6) is -0.735. The molecule has 1 aromatic heterocycles. The normalized spacial score (nSPS) is 18.3. The van der Waals surface area contributed by atoms with Crippen molar-refractivity contribution in [3.05, 3.63) is 133 Å². The molecular formula is C48H57Br2ClN5O3+. The van der Waals surface area contributed by atoms with Crippen LogP contribution in [0, 0.1) is 0 Å². The molecule has 1 aliphatic carbocycles. The second-order valence-corrected chi connectivity index (χ2v) is 19.0. The van der Waals surface area contributed by atoms with Crippen LogP contribution in [-0.4, -0.2) is 45.3 Å². The Hall–Kier alpha value is -3.83. The van der Waals surface area contributed by atoms with Gasteiger partial charge in [-0.1, -0.05) is 75.9 Å². The number of aliphatic carboxylic acids is 1. The van der Waals surface area contributed by atoms with E-state index in [9.17, 15) is 9.59 Å². The van der Waals surface area contributed by atoms with Crippen LogP contribution in [0.25, 0.3) is 0 Å². The minimum absolute atomic E-state index is 0.00146. The molecule has 0 fully saturated rings. The zero-order valence-corrected chi connectivity index (χ0v) is 38.6. The van der Waals surface area contributed by atoms with Crippen molar-refractivity contribution in [3.63, 3.8) is 0 Å². The van der Waals surface area contributed by atoms with Gasteiger partial charge in [-0.15, -0.1) is 0 Å². The Kier molecular flexibility index (Phi) is 15.3. The van der Waals surface area contributed by atoms with E-state index >= 15 is 0 Å². The molecule has 0 unspecified atom stereocenters. The Labute approximate surface area is 371 Å². The monoisotopic (exact) mass is 944 g/mol. The van der Waals surface area contributed by atoms with E-state index in [-0.39, 0.29) is 23.2 Å². The van der Waals surface area contributed by atoms with Crippen LogP contribution in [0.3, 0.4) is 0 Å². The number of halogens is 3. The van der Waals surface area contributed by atoms with E-state index in [1.165, 1.54) is 33.9 Å². The summed E-state index contributed by atoms with van der Waals surface area (Å²) in [5.41, 5.74) is 16.3. The van der Waals surface area contributed by atoms with Gasteiger partial charge >= 0.3 is 5.97 Å². The van der Waals surface area contributed by atoms with Gasteiger partial charge in [0.05, 0.1) is 5.41 Å². The van der Waals surface area contributed by atoms with Gasteiger partial charge in [-0.05, 0) is 130 Å². The van der Waals surface area contributed by atoms with Gasteiger partial charge in [0.15, 0.2) is 5.71 Å². The van der Waals surface area contributed by atoms with Crippen molar-refractivity contribution in [1.29, 1.82) is 0 Å². The highest BCUT2D eigenvalue weighted by Gasteiger charge is 2.44. The summed E-state index contributed by atoms with van der Waals surface area (Å²) >= 11 is 14.7. The van der Waals surface area contributed by atoms with Crippen LogP contribution in [0.1, 0.15) is 115 Å². The summed E-state index contributed by atoms with van der Waals surface area (Å²) in [4.78, 5) is 30.1. The molecule has 0 radical (unpaired) electrons. The first kappa shape index (κ1) is 44.7. The molecule has 59 heavy (non-hydrogen) atoms. The maximum atomic E-state index is 12.5. The summed E-state index contributed by atoms with van der Waals surface area (Å²) in [6, 6.07) is 16.9. The van der Waals surface area contributed by atoms with Crippen LogP contribution in [0.4, 0.5) is 11.4 Å². The number of carbonyl (C=O) groups is 2. The predicted octanol–water partition coefficient (Wildman–Crippen LogP) is 11.9. The van der Waals surface area contributed by atoms with Crippen LogP contribution in [0.5, 0.6) is 0 Å². The average molecular weight is 947 g/mol. The molecule has 0 atom stereocenters. The molecule has 0 saturated carbocycles. The summed E-state index contributed by atoms with van der Waals surface area (Å²) in [5, 5.41) is 9.96. The van der Waals surface area contributed by atoms with Crippen LogP contribution in [0.2, 0.25) is 0 Å². The second kappa shape index (κ2) is 20.2. The molecule has 2 aromatic carbocycles. The number of carboxylic acids is 1. The van der Waals surface area contributed by atoms with Crippen molar-refractivity contribution in [1.82, 2.24) is 15.8 Å². The number of unbranched alkanes of at least 4 members (excludes halogenated alkanes) is 4. The lowest BCUT2D eigenvalue weighted by atomic mass is 9.81. The van der Waals surface area contributed by atoms with Crippen molar-refractivity contribution in [2.24, 2.45) is 0 Å². The van der Waals surface area contributed by atoms with Gasteiger partial charge in [0, 0.05) is 93.2 Å². The number of nitrogens with zero attached hydrogens (tertiary/aromatic N) is 3. The number of anilines is 1. The summed E-state index contributed by atoms with van der Waals surface area (Å²) < 4.78 is 4.59. The number of nitrogens with one attached hydrogen (secondary N) is 2. The number of benzene rings is 2. The fourth-order valence-electron chi connectivity index (χ4n) is 8.61. The summed E-state index contributed by atoms with van der Waals surface area (Å²) in [6.07, 6.45) is 21.3. The van der Waals surface area contributed by atoms with Crippen LogP contribution in [-0.2, 0) is 27.0 Å². The topological polar surface area (TPSA) is 97.6 Å². The first-order valence-electron chi connectivity index (χ1n) is 20.9. The molecule has 2 aliphatic heterocycles. The number of aromatic nitrogens is 1. The number of carbonyl (C=O) groups excluding carboxylic acids is 1. The van der Waals surface area contributed by atoms with Gasteiger partial charge in [0.2, 0.25) is 11.6 Å². The first-order chi connectivity index (χ1) is 28.3. The van der Waals surface area contributed by atoms with E-state index in [1.807, 2.05) is 12.1 Å². The highest BCUT2D eigenvalue weighted by molar-refractivity contribution is 9.10. The van der Waals surface area contributed by atoms with E-state index in [1.54, 1.807) is 12.4 Å². The van der Waals surface area contributed by atoms with Gasteiger partial charge in [0.25, 0.3) is 0 Å². The third-order valence-electron chi connectivity index (χ3n) is 11.9. The highest BCUT2D eigenvalue weighted by Crippen LogP contribution is 2.49. The number of pyridine rings is 1. The van der Waals surface area contributed by atoms with Gasteiger partial charge < -0.3 is 10.0 Å². The van der Waals surface area contributed by atoms with E-state index in [0.29, 0.717) is 19.4 Å². The van der Waals surface area contributed by atoms with Crippen LogP contribution >= 0.6 is 43.5 Å². The van der Waals surface area contributed by atoms with Crippen molar-refractivity contribution in [2.45, 2.75) is 116 Å². The molecule has 11 heteroatoms. The Morgan fingerprint density at radius 1 is 0.864 bits per heavy atom. The smallest absolute Gasteiger partial charge is 0.303 e. The highest BCUT2D eigenvalue weighted by atomic mass is 79.9. The summed E-state index contributed by atoms with van der Waals surface area (Å²) in [6.45, 7) is 11.4. The fourth-order valence-corrected chi connectivity index (χ4v) is 9.64. The third kappa shape index (κ3) is 10.9. The van der Waals surface area contributed by atoms with Crippen molar-refractivity contribution >= 4 is 72.4 Å². The molecule has 3 aliphatic rings. The molecule has 6 rings (SSSR count). The zero-order valence-electron chi connectivity index (χ0n) is 34.7. The number of hydrogen-bond acceptors (Lipinski definition) is 5. The first-order valence-corrected chi connectivity index (χ1v) is 22.9. The number of hydrazine groups is 1. The number of rotatable bonds is 18. The second-order valence-electron chi connectivity index (χ2n) is 16.8. The molecule has 3 aromatic rings. The maximum Gasteiger partial charge on any atom is 0.303 e. The fraction of sp³-hybridized carbons (Fsp3) is 0.417. The number of hydrogen-bond donors (Lipinski definition) is 3. The molecule has 0 saturated heterocycles. The standard InChI is InChI=1S/C48H56Br2ClN5O3/c1-47(2)38-30-36(49)18-20-40(38)55(28-9-5-7-14-44(57)54-53-32-33-24-26-52-27-25-33)42(47)22-16-34-12-11-13-35(46(34)51)17-23-43-48(3,4)39-31-37(50)19-21-41(39)56(43)29-10-6-8-15-45(58)59/h16-27,30-31,53H,5-15,28-29,32H2,1-4H3,(H-,54,57,58,59)/p+1. The largest absolute Gasteiger partial charge is 0.481 e. The Morgan fingerprint density at radius 3 is 2.34 bits per heavy atom. The van der Waals surface area contributed by atoms with Crippen molar-refractivity contribution < 1.29 is 19.3 Å². The lowest BCUT2D eigenvalue weighted by Crippen LogP contribution is -2.36. The van der Waals surface area contributed by atoms with Gasteiger partial charge in [0.1, 0.15) is 6.54 Å². The zero-order chi connectivity index (χ0) is 42.2. The number of amides is 1. The molecule has 3 N–H and O–H groups in total. The van der Waals surface area contributed by atoms with Crippen LogP contribution < -0.4 is 15.8 Å². The number of fused-ring (bicyclic) bond motifs is 2. The predicted molar refractivity (Wildman–Crippen MR) is 247 cm³/mol. The molecular weight excluding hydrogens is 890 g/mol. The van der Waals surface area contributed by atoms with Gasteiger partial charge in [-0.25, -0.2) is 5.43 Å². The molecule has 3 heterocycles. The Balaban J connectivity index is 1.17. The molecule has 8 nitrogen and oxygen atoms in total. The minimum atomic E-state index is -0.737. The van der Waals surface area contributed by atoms with Crippen molar-refractivity contribution in [3.8, 4) is 0 Å². The number of carboxylic acid groups (broad SMARTS) is 1. The maximum absolute atomic E-state index is 12.5. The quantitative estimate of drug-likeness (QED) is 0.0668. The van der Waals surface area contributed by atoms with Crippen molar-refractivity contribution in [2.75, 3.05) is 18.0 Å². The number of allylic oxidation sites excluding steroid dienone is 8. The third-order valence-corrected chi connectivity index (χ3v) is 13.3. The summed E-state index contributed by atoms with van der Waals surface area (Å²) in [7, 11) is 0.